The summed E-state index contributed by atoms with van der Waals surface area (Å²) in [4.78, 5) is 4.35. The Balaban J connectivity index is 1.93. The monoisotopic (exact) mass is 282 g/mol. The Labute approximate surface area is 114 Å². The molecule has 1 N–H and O–H groups in total. The Hall–Kier alpha value is -1.34. The number of methoxy groups -OCH3 is 1. The van der Waals surface area contributed by atoms with Crippen LogP contribution in [0.25, 0.3) is 0 Å². The first-order valence-electron chi connectivity index (χ1n) is 5.52. The van der Waals surface area contributed by atoms with Crippen molar-refractivity contribution in [3.8, 4) is 5.88 Å². The number of rotatable bonds is 6. The van der Waals surface area contributed by atoms with Crippen molar-refractivity contribution in [2.75, 3.05) is 19.0 Å². The fraction of sp³-hybridized carbons (Fsp3) is 0.364. The molecule has 0 radical (unpaired) electrons. The zero-order valence-corrected chi connectivity index (χ0v) is 11.8. The van der Waals surface area contributed by atoms with E-state index in [4.69, 9.17) is 4.74 Å². The predicted molar refractivity (Wildman–Crippen MR) is 74.4 cm³/mol. The number of anilines is 1. The summed E-state index contributed by atoms with van der Waals surface area (Å²) in [5.41, 5.74) is 0.972. The molecular formula is C11H14N4OS2. The second-order valence-corrected chi connectivity index (χ2v) is 5.56. The summed E-state index contributed by atoms with van der Waals surface area (Å²) in [6.07, 6.45) is 0. The van der Waals surface area contributed by atoms with Crippen LogP contribution in [0.2, 0.25) is 0 Å². The quantitative estimate of drug-likeness (QED) is 0.822. The molecule has 2 aromatic heterocycles. The number of ether oxygens (including phenoxy) is 1. The predicted octanol–water partition coefficient (Wildman–Crippen LogP) is 2.67. The van der Waals surface area contributed by atoms with E-state index in [2.05, 4.69) is 20.5 Å². The van der Waals surface area contributed by atoms with E-state index in [9.17, 15) is 0 Å². The van der Waals surface area contributed by atoms with Gasteiger partial charge in [0.15, 0.2) is 4.34 Å². The molecule has 2 heterocycles. The highest BCUT2D eigenvalue weighted by Gasteiger charge is 2.05. The van der Waals surface area contributed by atoms with Crippen LogP contribution in [0.5, 0.6) is 5.88 Å². The molecule has 0 saturated heterocycles. The average molecular weight is 282 g/mol. The molecule has 0 saturated carbocycles. The zero-order valence-electron chi connectivity index (χ0n) is 10.2. The molecule has 0 aromatic carbocycles. The van der Waals surface area contributed by atoms with Gasteiger partial charge in [0.05, 0.1) is 12.8 Å². The first kappa shape index (κ1) is 13.1. The molecule has 2 aromatic rings. The number of hydrogen-bond acceptors (Lipinski definition) is 7. The van der Waals surface area contributed by atoms with E-state index >= 15 is 0 Å². The van der Waals surface area contributed by atoms with Gasteiger partial charge in [-0.15, -0.1) is 10.2 Å². The maximum absolute atomic E-state index is 5.09. The Morgan fingerprint density at radius 1 is 1.39 bits per heavy atom. The van der Waals surface area contributed by atoms with Crippen molar-refractivity contribution in [2.24, 2.45) is 0 Å². The number of thioether (sulfide) groups is 1. The Bertz CT molecular complexity index is 503. The number of nitrogens with one attached hydrogen (secondary N) is 1. The van der Waals surface area contributed by atoms with Crippen molar-refractivity contribution in [1.29, 1.82) is 0 Å². The van der Waals surface area contributed by atoms with Crippen LogP contribution in [0.15, 0.2) is 22.5 Å². The molecule has 18 heavy (non-hydrogen) atoms. The summed E-state index contributed by atoms with van der Waals surface area (Å²) in [5, 5.41) is 12.1. The number of aromatic nitrogens is 3. The molecule has 96 valence electrons. The summed E-state index contributed by atoms with van der Waals surface area (Å²) in [7, 11) is 1.62. The fourth-order valence-electron chi connectivity index (χ4n) is 1.28. The van der Waals surface area contributed by atoms with Gasteiger partial charge in [0.2, 0.25) is 11.0 Å². The number of hydrogen-bond donors (Lipinski definition) is 1. The maximum atomic E-state index is 5.09. The minimum absolute atomic E-state index is 0.638. The SMILES string of the molecule is CCNc1nnc(SCc2cccc(OC)n2)s1. The van der Waals surface area contributed by atoms with Crippen LogP contribution in [0, 0.1) is 0 Å². The summed E-state index contributed by atoms with van der Waals surface area (Å²) in [5.74, 6) is 1.40. The number of pyridine rings is 1. The average Bonchev–Trinajstić information content (AvgIpc) is 2.85. The lowest BCUT2D eigenvalue weighted by molar-refractivity contribution is 0.397. The third kappa shape index (κ3) is 3.58. The van der Waals surface area contributed by atoms with Crippen LogP contribution in [-0.4, -0.2) is 28.8 Å². The molecule has 0 amide bonds. The van der Waals surface area contributed by atoms with Crippen LogP contribution in [0.3, 0.4) is 0 Å². The third-order valence-corrected chi connectivity index (χ3v) is 4.12. The van der Waals surface area contributed by atoms with Gasteiger partial charge in [0.25, 0.3) is 0 Å². The van der Waals surface area contributed by atoms with Crippen LogP contribution in [0.4, 0.5) is 5.13 Å². The highest BCUT2D eigenvalue weighted by molar-refractivity contribution is 8.00. The lowest BCUT2D eigenvalue weighted by Crippen LogP contribution is -1.94. The summed E-state index contributed by atoms with van der Waals surface area (Å²) in [6, 6.07) is 5.75. The van der Waals surface area contributed by atoms with Gasteiger partial charge in [0, 0.05) is 18.4 Å². The molecule has 2 rings (SSSR count). The van der Waals surface area contributed by atoms with Gasteiger partial charge >= 0.3 is 0 Å². The first-order valence-corrected chi connectivity index (χ1v) is 7.32. The van der Waals surface area contributed by atoms with Crippen LogP contribution in [-0.2, 0) is 5.75 Å². The van der Waals surface area contributed by atoms with Gasteiger partial charge in [0.1, 0.15) is 0 Å². The highest BCUT2D eigenvalue weighted by atomic mass is 32.2. The molecular weight excluding hydrogens is 268 g/mol. The highest BCUT2D eigenvalue weighted by Crippen LogP contribution is 2.27. The van der Waals surface area contributed by atoms with Crippen molar-refractivity contribution in [2.45, 2.75) is 17.0 Å². The summed E-state index contributed by atoms with van der Waals surface area (Å²) >= 11 is 3.18. The lowest BCUT2D eigenvalue weighted by atomic mass is 10.4. The molecule has 0 aliphatic carbocycles. The molecule has 0 atom stereocenters. The molecule has 0 aliphatic heterocycles. The summed E-state index contributed by atoms with van der Waals surface area (Å²) < 4.78 is 6.03. The van der Waals surface area contributed by atoms with Gasteiger partial charge in [-0.2, -0.15) is 0 Å². The topological polar surface area (TPSA) is 59.9 Å². The minimum Gasteiger partial charge on any atom is -0.481 e. The second-order valence-electron chi connectivity index (χ2n) is 3.36. The molecule has 0 unspecified atom stereocenters. The van der Waals surface area contributed by atoms with Crippen LogP contribution < -0.4 is 10.1 Å². The standard InChI is InChI=1S/C11H14N4OS2/c1-3-12-10-14-15-11(18-10)17-7-8-5-4-6-9(13-8)16-2/h4-6H,3,7H2,1-2H3,(H,12,14). The molecule has 0 bridgehead atoms. The number of nitrogens with zero attached hydrogens (tertiary/aromatic N) is 3. The van der Waals surface area contributed by atoms with Gasteiger partial charge in [-0.05, 0) is 13.0 Å². The zero-order chi connectivity index (χ0) is 12.8. The first-order chi connectivity index (χ1) is 8.81. The fourth-order valence-corrected chi connectivity index (χ4v) is 3.00. The largest absolute Gasteiger partial charge is 0.481 e. The molecule has 7 heteroatoms. The van der Waals surface area contributed by atoms with E-state index in [0.717, 1.165) is 27.5 Å². The van der Waals surface area contributed by atoms with Crippen LogP contribution >= 0.6 is 23.1 Å². The van der Waals surface area contributed by atoms with E-state index in [1.165, 1.54) is 0 Å². The van der Waals surface area contributed by atoms with E-state index in [0.29, 0.717) is 5.88 Å². The molecule has 0 fully saturated rings. The van der Waals surface area contributed by atoms with Crippen molar-refractivity contribution >= 4 is 28.2 Å². The minimum atomic E-state index is 0.638. The summed E-state index contributed by atoms with van der Waals surface area (Å²) in [6.45, 7) is 2.89. The van der Waals surface area contributed by atoms with Gasteiger partial charge in [-0.25, -0.2) is 4.98 Å². The van der Waals surface area contributed by atoms with Crippen molar-refractivity contribution in [1.82, 2.24) is 15.2 Å². The van der Waals surface area contributed by atoms with Gasteiger partial charge < -0.3 is 10.1 Å². The van der Waals surface area contributed by atoms with E-state index < -0.39 is 0 Å². The Morgan fingerprint density at radius 2 is 2.28 bits per heavy atom. The van der Waals surface area contributed by atoms with Crippen LogP contribution in [0.1, 0.15) is 12.6 Å². The van der Waals surface area contributed by atoms with E-state index in [-0.39, 0.29) is 0 Å². The maximum Gasteiger partial charge on any atom is 0.213 e. The van der Waals surface area contributed by atoms with Crippen molar-refractivity contribution < 1.29 is 4.74 Å². The van der Waals surface area contributed by atoms with Gasteiger partial charge in [-0.3, -0.25) is 0 Å². The molecule has 5 nitrogen and oxygen atoms in total. The second kappa shape index (κ2) is 6.55. The molecule has 0 spiro atoms. The third-order valence-electron chi connectivity index (χ3n) is 2.07. The smallest absolute Gasteiger partial charge is 0.213 e. The Kier molecular flexibility index (Phi) is 4.77. The lowest BCUT2D eigenvalue weighted by Gasteiger charge is -2.01. The normalized spacial score (nSPS) is 10.3. The van der Waals surface area contributed by atoms with E-state index in [1.54, 1.807) is 30.2 Å². The van der Waals surface area contributed by atoms with Crippen molar-refractivity contribution in [3.63, 3.8) is 0 Å². The van der Waals surface area contributed by atoms with E-state index in [1.807, 2.05) is 25.1 Å². The van der Waals surface area contributed by atoms with Gasteiger partial charge in [-0.1, -0.05) is 29.2 Å². The van der Waals surface area contributed by atoms with Crippen molar-refractivity contribution in [3.05, 3.63) is 23.9 Å². The Morgan fingerprint density at radius 3 is 3.06 bits per heavy atom. The molecule has 0 aliphatic rings.